The van der Waals surface area contributed by atoms with Crippen LogP contribution in [0.25, 0.3) is 10.8 Å². The summed E-state index contributed by atoms with van der Waals surface area (Å²) in [7, 11) is 0. The van der Waals surface area contributed by atoms with Crippen molar-refractivity contribution in [3.8, 4) is 5.75 Å². The third-order valence-electron chi connectivity index (χ3n) is 4.37. The zero-order chi connectivity index (χ0) is 20.1. The lowest BCUT2D eigenvalue weighted by Crippen LogP contribution is -2.24. The predicted octanol–water partition coefficient (Wildman–Crippen LogP) is 5.43. The Morgan fingerprint density at radius 3 is 2.61 bits per heavy atom. The Morgan fingerprint density at radius 2 is 1.86 bits per heavy atom. The van der Waals surface area contributed by atoms with Crippen LogP contribution in [0.15, 0.2) is 70.2 Å². The molecule has 0 aliphatic heterocycles. The highest BCUT2D eigenvalue weighted by atomic mass is 79.9. The van der Waals surface area contributed by atoms with Crippen molar-refractivity contribution in [1.29, 1.82) is 0 Å². The molecule has 5 heteroatoms. The zero-order valence-corrected chi connectivity index (χ0v) is 17.8. The van der Waals surface area contributed by atoms with Crippen LogP contribution in [-0.2, 0) is 10.2 Å². The normalized spacial score (nSPS) is 11.7. The van der Waals surface area contributed by atoms with E-state index in [1.807, 2.05) is 60.7 Å². The van der Waals surface area contributed by atoms with Crippen molar-refractivity contribution in [1.82, 2.24) is 5.43 Å². The Morgan fingerprint density at radius 1 is 1.11 bits per heavy atom. The van der Waals surface area contributed by atoms with E-state index >= 15 is 0 Å². The van der Waals surface area contributed by atoms with Crippen molar-refractivity contribution in [2.24, 2.45) is 5.10 Å². The van der Waals surface area contributed by atoms with Crippen molar-refractivity contribution in [2.75, 3.05) is 6.61 Å². The van der Waals surface area contributed by atoms with E-state index in [0.29, 0.717) is 5.75 Å². The summed E-state index contributed by atoms with van der Waals surface area (Å²) in [5.41, 5.74) is 4.70. The minimum Gasteiger partial charge on any atom is -0.483 e. The van der Waals surface area contributed by atoms with Gasteiger partial charge >= 0.3 is 0 Å². The minimum atomic E-state index is -0.316. The molecule has 144 valence electrons. The van der Waals surface area contributed by atoms with Gasteiger partial charge in [-0.2, -0.15) is 5.10 Å². The van der Waals surface area contributed by atoms with Gasteiger partial charge in [0.15, 0.2) is 6.61 Å². The van der Waals surface area contributed by atoms with Gasteiger partial charge in [-0.3, -0.25) is 4.79 Å². The van der Waals surface area contributed by atoms with Gasteiger partial charge in [0.1, 0.15) is 5.75 Å². The molecule has 0 heterocycles. The Bertz CT molecular complexity index is 1020. The molecular weight excluding hydrogens is 416 g/mol. The first kappa shape index (κ1) is 20.1. The Kier molecular flexibility index (Phi) is 6.15. The Labute approximate surface area is 173 Å². The van der Waals surface area contributed by atoms with Crippen molar-refractivity contribution in [3.05, 3.63) is 76.3 Å². The summed E-state index contributed by atoms with van der Waals surface area (Å²) in [6, 6.07) is 19.9. The number of hydrogen-bond donors (Lipinski definition) is 1. The molecule has 0 fully saturated rings. The van der Waals surface area contributed by atoms with Gasteiger partial charge in [0.25, 0.3) is 5.91 Å². The summed E-state index contributed by atoms with van der Waals surface area (Å²) >= 11 is 3.51. The molecule has 28 heavy (non-hydrogen) atoms. The summed E-state index contributed by atoms with van der Waals surface area (Å²) < 4.78 is 6.43. The fourth-order valence-electron chi connectivity index (χ4n) is 2.80. The number of ether oxygens (including phenoxy) is 1. The SMILES string of the molecule is CC(C)(C)c1ccc(OCC(=O)N/N=C\c2cccc3ccccc23)c(Br)c1. The molecule has 3 aromatic carbocycles. The highest BCUT2D eigenvalue weighted by molar-refractivity contribution is 9.10. The molecule has 0 aromatic heterocycles. The van der Waals surface area contributed by atoms with Gasteiger partial charge in [-0.05, 0) is 49.8 Å². The number of benzene rings is 3. The first-order valence-electron chi connectivity index (χ1n) is 9.07. The summed E-state index contributed by atoms with van der Waals surface area (Å²) in [6.07, 6.45) is 1.65. The van der Waals surface area contributed by atoms with Crippen molar-refractivity contribution in [2.45, 2.75) is 26.2 Å². The van der Waals surface area contributed by atoms with E-state index in [0.717, 1.165) is 20.8 Å². The van der Waals surface area contributed by atoms with Crippen molar-refractivity contribution >= 4 is 38.8 Å². The van der Waals surface area contributed by atoms with E-state index in [-0.39, 0.29) is 17.9 Å². The molecule has 3 aromatic rings. The third kappa shape index (κ3) is 4.98. The van der Waals surface area contributed by atoms with Crippen LogP contribution in [0.5, 0.6) is 5.75 Å². The van der Waals surface area contributed by atoms with Gasteiger partial charge in [0.2, 0.25) is 0 Å². The number of nitrogens with one attached hydrogen (secondary N) is 1. The third-order valence-corrected chi connectivity index (χ3v) is 4.99. The number of carbonyl (C=O) groups is 1. The number of rotatable bonds is 5. The second-order valence-corrected chi connectivity index (χ2v) is 8.40. The number of fused-ring (bicyclic) bond motifs is 1. The van der Waals surface area contributed by atoms with Gasteiger partial charge < -0.3 is 4.74 Å². The van der Waals surface area contributed by atoms with Crippen molar-refractivity contribution < 1.29 is 9.53 Å². The summed E-state index contributed by atoms with van der Waals surface area (Å²) in [5.74, 6) is 0.310. The molecule has 0 saturated heterocycles. The molecule has 0 bridgehead atoms. The van der Waals surface area contributed by atoms with E-state index in [4.69, 9.17) is 4.74 Å². The zero-order valence-electron chi connectivity index (χ0n) is 16.2. The standard InChI is InChI=1S/C23H23BrN2O2/c1-23(2,3)18-11-12-21(20(24)13-18)28-15-22(27)26-25-14-17-9-6-8-16-7-4-5-10-19(16)17/h4-14H,15H2,1-3H3,(H,26,27)/b25-14-. The second kappa shape index (κ2) is 8.57. The van der Waals surface area contributed by atoms with Gasteiger partial charge in [-0.15, -0.1) is 0 Å². The van der Waals surface area contributed by atoms with Crippen LogP contribution >= 0.6 is 15.9 Å². The first-order valence-corrected chi connectivity index (χ1v) is 9.86. The quantitative estimate of drug-likeness (QED) is 0.426. The van der Waals surface area contributed by atoms with E-state index in [9.17, 15) is 4.79 Å². The molecule has 4 nitrogen and oxygen atoms in total. The lowest BCUT2D eigenvalue weighted by molar-refractivity contribution is -0.123. The average molecular weight is 439 g/mol. The molecular formula is C23H23BrN2O2. The maximum atomic E-state index is 12.0. The molecule has 0 aliphatic carbocycles. The summed E-state index contributed by atoms with van der Waals surface area (Å²) in [4.78, 5) is 12.0. The average Bonchev–Trinajstić information content (AvgIpc) is 2.66. The van der Waals surface area contributed by atoms with E-state index in [2.05, 4.69) is 47.2 Å². The lowest BCUT2D eigenvalue weighted by Gasteiger charge is -2.20. The number of amides is 1. The fourth-order valence-corrected chi connectivity index (χ4v) is 3.29. The number of nitrogens with zero attached hydrogens (tertiary/aromatic N) is 1. The number of carbonyl (C=O) groups excluding carboxylic acids is 1. The fraction of sp³-hybridized carbons (Fsp3) is 0.217. The van der Waals surface area contributed by atoms with E-state index in [1.54, 1.807) is 6.21 Å². The van der Waals surface area contributed by atoms with Crippen LogP contribution < -0.4 is 10.2 Å². The minimum absolute atomic E-state index is 0.0503. The Hall–Kier alpha value is -2.66. The van der Waals surface area contributed by atoms with Gasteiger partial charge in [-0.1, -0.05) is 69.3 Å². The van der Waals surface area contributed by atoms with Gasteiger partial charge in [0.05, 0.1) is 10.7 Å². The van der Waals surface area contributed by atoms with Crippen LogP contribution in [0, 0.1) is 0 Å². The molecule has 1 N–H and O–H groups in total. The number of halogens is 1. The lowest BCUT2D eigenvalue weighted by atomic mass is 9.87. The maximum absolute atomic E-state index is 12.0. The summed E-state index contributed by atoms with van der Waals surface area (Å²) in [5, 5.41) is 6.27. The van der Waals surface area contributed by atoms with Crippen molar-refractivity contribution in [3.63, 3.8) is 0 Å². The van der Waals surface area contributed by atoms with Crippen LogP contribution in [0.4, 0.5) is 0 Å². The van der Waals surface area contributed by atoms with E-state index in [1.165, 1.54) is 5.56 Å². The highest BCUT2D eigenvalue weighted by Crippen LogP contribution is 2.31. The number of hydrazone groups is 1. The summed E-state index contributed by atoms with van der Waals surface area (Å²) in [6.45, 7) is 6.34. The molecule has 0 saturated carbocycles. The smallest absolute Gasteiger partial charge is 0.277 e. The predicted molar refractivity (Wildman–Crippen MR) is 118 cm³/mol. The van der Waals surface area contributed by atoms with Crippen LogP contribution in [0.1, 0.15) is 31.9 Å². The Balaban J connectivity index is 1.58. The monoisotopic (exact) mass is 438 g/mol. The van der Waals surface area contributed by atoms with Crippen LogP contribution in [0.3, 0.4) is 0 Å². The van der Waals surface area contributed by atoms with Crippen LogP contribution in [0.2, 0.25) is 0 Å². The molecule has 0 aliphatic rings. The van der Waals surface area contributed by atoms with Gasteiger partial charge in [0, 0.05) is 5.56 Å². The second-order valence-electron chi connectivity index (χ2n) is 7.55. The van der Waals surface area contributed by atoms with Crippen LogP contribution in [-0.4, -0.2) is 18.7 Å². The topological polar surface area (TPSA) is 50.7 Å². The highest BCUT2D eigenvalue weighted by Gasteiger charge is 2.15. The van der Waals surface area contributed by atoms with Gasteiger partial charge in [-0.25, -0.2) is 5.43 Å². The largest absolute Gasteiger partial charge is 0.483 e. The molecule has 1 amide bonds. The molecule has 0 spiro atoms. The molecule has 0 radical (unpaired) electrons. The molecule has 0 atom stereocenters. The first-order chi connectivity index (χ1) is 13.3. The maximum Gasteiger partial charge on any atom is 0.277 e. The molecule has 0 unspecified atom stereocenters. The molecule has 3 rings (SSSR count). The number of hydrogen-bond acceptors (Lipinski definition) is 3. The van der Waals surface area contributed by atoms with E-state index < -0.39 is 0 Å².